The summed E-state index contributed by atoms with van der Waals surface area (Å²) in [7, 11) is 0. The number of piperidine rings is 1. The minimum absolute atomic E-state index is 0.190. The van der Waals surface area contributed by atoms with Gasteiger partial charge in [0.2, 0.25) is 0 Å². The molecule has 1 N–H and O–H groups in total. The van der Waals surface area contributed by atoms with Crippen molar-refractivity contribution in [1.82, 2.24) is 0 Å². The Kier molecular flexibility index (Phi) is 4.69. The van der Waals surface area contributed by atoms with Gasteiger partial charge in [0.15, 0.2) is 0 Å². The first kappa shape index (κ1) is 16.3. The molecule has 1 saturated heterocycles. The predicted molar refractivity (Wildman–Crippen MR) is 97.9 cm³/mol. The lowest BCUT2D eigenvalue weighted by Crippen LogP contribution is -2.39. The normalized spacial score (nSPS) is 15.3. The third-order valence-corrected chi connectivity index (χ3v) is 4.63. The lowest BCUT2D eigenvalue weighted by atomic mass is 10.0. The van der Waals surface area contributed by atoms with E-state index < -0.39 is 0 Å². The Morgan fingerprint density at radius 2 is 1.88 bits per heavy atom. The van der Waals surface area contributed by atoms with Crippen LogP contribution in [0.3, 0.4) is 0 Å². The van der Waals surface area contributed by atoms with E-state index in [9.17, 15) is 10.1 Å². The Hall–Kier alpha value is -2.56. The van der Waals surface area contributed by atoms with Gasteiger partial charge >= 0.3 is 0 Å². The quantitative estimate of drug-likeness (QED) is 0.673. The van der Waals surface area contributed by atoms with Gasteiger partial charge in [-0.05, 0) is 56.5 Å². The Bertz CT molecular complexity index is 737. The van der Waals surface area contributed by atoms with Crippen molar-refractivity contribution in [3.8, 4) is 0 Å². The van der Waals surface area contributed by atoms with Crippen LogP contribution in [0.5, 0.6) is 0 Å². The van der Waals surface area contributed by atoms with Gasteiger partial charge in [-0.1, -0.05) is 12.1 Å². The molecule has 0 bridgehead atoms. The van der Waals surface area contributed by atoms with Crippen LogP contribution >= 0.6 is 0 Å². The maximum absolute atomic E-state index is 10.9. The molecule has 1 aliphatic heterocycles. The van der Waals surface area contributed by atoms with Crippen molar-refractivity contribution in [3.05, 3.63) is 63.7 Å². The molecular formula is C19H23N3O2. The molecule has 0 aromatic heterocycles. The van der Waals surface area contributed by atoms with Gasteiger partial charge < -0.3 is 10.2 Å². The van der Waals surface area contributed by atoms with Crippen LogP contribution in [0, 0.1) is 24.0 Å². The molecule has 1 aliphatic rings. The summed E-state index contributed by atoms with van der Waals surface area (Å²) in [6.07, 6.45) is 2.12. The fourth-order valence-corrected chi connectivity index (χ4v) is 3.29. The maximum Gasteiger partial charge on any atom is 0.272 e. The molecule has 2 aromatic rings. The summed E-state index contributed by atoms with van der Waals surface area (Å²) in [5.41, 5.74) is 4.43. The van der Waals surface area contributed by atoms with Gasteiger partial charge in [0.25, 0.3) is 5.69 Å². The molecule has 5 nitrogen and oxygen atoms in total. The monoisotopic (exact) mass is 325 g/mol. The van der Waals surface area contributed by atoms with Crippen molar-refractivity contribution >= 4 is 17.1 Å². The predicted octanol–water partition coefficient (Wildman–Crippen LogP) is 4.29. The number of nitro benzene ring substituents is 1. The lowest BCUT2D eigenvalue weighted by Gasteiger charge is -2.34. The van der Waals surface area contributed by atoms with Crippen LogP contribution in [-0.4, -0.2) is 24.1 Å². The van der Waals surface area contributed by atoms with Crippen LogP contribution in [0.1, 0.15) is 24.0 Å². The van der Waals surface area contributed by atoms with E-state index in [-0.39, 0.29) is 10.6 Å². The molecule has 1 heterocycles. The average molecular weight is 325 g/mol. The van der Waals surface area contributed by atoms with Crippen LogP contribution in [0.2, 0.25) is 0 Å². The topological polar surface area (TPSA) is 58.4 Å². The number of hydrogen-bond acceptors (Lipinski definition) is 4. The summed E-state index contributed by atoms with van der Waals surface area (Å²) in [6, 6.07) is 14.3. The minimum atomic E-state index is -0.322. The van der Waals surface area contributed by atoms with Gasteiger partial charge in [0.1, 0.15) is 0 Å². The van der Waals surface area contributed by atoms with Crippen LogP contribution in [0.4, 0.5) is 17.1 Å². The zero-order valence-corrected chi connectivity index (χ0v) is 14.2. The van der Waals surface area contributed by atoms with Crippen molar-refractivity contribution in [2.45, 2.75) is 32.7 Å². The maximum atomic E-state index is 10.9. The summed E-state index contributed by atoms with van der Waals surface area (Å²) in [6.45, 7) is 5.82. The molecule has 0 radical (unpaired) electrons. The minimum Gasteiger partial charge on any atom is -0.382 e. The summed E-state index contributed by atoms with van der Waals surface area (Å²) in [4.78, 5) is 12.9. The fraction of sp³-hybridized carbons (Fsp3) is 0.368. The van der Waals surface area contributed by atoms with Gasteiger partial charge in [-0.3, -0.25) is 10.1 Å². The Morgan fingerprint density at radius 3 is 2.50 bits per heavy atom. The van der Waals surface area contributed by atoms with Crippen LogP contribution < -0.4 is 10.2 Å². The standard InChI is InChI=1S/C19H23N3O2/c1-14-4-3-5-17(12-14)20-16-8-10-21(11-9-16)18-6-7-19(22(23)24)15(2)13-18/h3-7,12-13,16,20H,8-11H2,1-2H3. The molecule has 1 fully saturated rings. The van der Waals surface area contributed by atoms with Gasteiger partial charge in [-0.15, -0.1) is 0 Å². The average Bonchev–Trinajstić information content (AvgIpc) is 2.55. The van der Waals surface area contributed by atoms with Crippen LogP contribution in [0.15, 0.2) is 42.5 Å². The Labute approximate surface area is 142 Å². The molecule has 2 aromatic carbocycles. The highest BCUT2D eigenvalue weighted by atomic mass is 16.6. The van der Waals surface area contributed by atoms with E-state index in [0.29, 0.717) is 6.04 Å². The molecule has 24 heavy (non-hydrogen) atoms. The molecule has 0 amide bonds. The van der Waals surface area contributed by atoms with E-state index in [1.165, 1.54) is 11.3 Å². The second-order valence-corrected chi connectivity index (χ2v) is 6.50. The van der Waals surface area contributed by atoms with Crippen LogP contribution in [0.25, 0.3) is 0 Å². The number of nitrogens with zero attached hydrogens (tertiary/aromatic N) is 2. The van der Waals surface area contributed by atoms with Crippen molar-refractivity contribution < 1.29 is 4.92 Å². The summed E-state index contributed by atoms with van der Waals surface area (Å²) in [5.74, 6) is 0. The molecular weight excluding hydrogens is 302 g/mol. The van der Waals surface area contributed by atoms with E-state index in [0.717, 1.165) is 37.2 Å². The van der Waals surface area contributed by atoms with Gasteiger partial charge in [0.05, 0.1) is 4.92 Å². The van der Waals surface area contributed by atoms with Crippen LogP contribution in [-0.2, 0) is 0 Å². The highest BCUT2D eigenvalue weighted by molar-refractivity contribution is 5.55. The summed E-state index contributed by atoms with van der Waals surface area (Å²) < 4.78 is 0. The number of nitrogens with one attached hydrogen (secondary N) is 1. The Morgan fingerprint density at radius 1 is 1.12 bits per heavy atom. The van der Waals surface area contributed by atoms with E-state index in [1.807, 2.05) is 12.1 Å². The molecule has 126 valence electrons. The van der Waals surface area contributed by atoms with E-state index in [4.69, 9.17) is 0 Å². The zero-order valence-electron chi connectivity index (χ0n) is 14.2. The zero-order chi connectivity index (χ0) is 17.1. The lowest BCUT2D eigenvalue weighted by molar-refractivity contribution is -0.385. The van der Waals surface area contributed by atoms with E-state index in [2.05, 4.69) is 41.4 Å². The number of aryl methyl sites for hydroxylation is 2. The van der Waals surface area contributed by atoms with E-state index in [1.54, 1.807) is 13.0 Å². The summed E-state index contributed by atoms with van der Waals surface area (Å²) >= 11 is 0. The van der Waals surface area contributed by atoms with E-state index >= 15 is 0 Å². The molecule has 0 spiro atoms. The SMILES string of the molecule is Cc1cccc(NC2CCN(c3ccc([N+](=O)[O-])c(C)c3)CC2)c1. The second kappa shape index (κ2) is 6.91. The second-order valence-electron chi connectivity index (χ2n) is 6.50. The van der Waals surface area contributed by atoms with Crippen molar-refractivity contribution in [2.24, 2.45) is 0 Å². The van der Waals surface area contributed by atoms with Gasteiger partial charge in [-0.25, -0.2) is 0 Å². The third kappa shape index (κ3) is 3.67. The number of hydrogen-bond donors (Lipinski definition) is 1. The first-order chi connectivity index (χ1) is 11.5. The smallest absolute Gasteiger partial charge is 0.272 e. The highest BCUT2D eigenvalue weighted by Gasteiger charge is 2.20. The number of anilines is 2. The molecule has 0 saturated carbocycles. The largest absolute Gasteiger partial charge is 0.382 e. The van der Waals surface area contributed by atoms with Crippen molar-refractivity contribution in [3.63, 3.8) is 0 Å². The van der Waals surface area contributed by atoms with Gasteiger partial charge in [-0.2, -0.15) is 0 Å². The Balaban J connectivity index is 1.61. The van der Waals surface area contributed by atoms with Crippen molar-refractivity contribution in [2.75, 3.05) is 23.3 Å². The first-order valence-electron chi connectivity index (χ1n) is 8.36. The molecule has 3 rings (SSSR count). The highest BCUT2D eigenvalue weighted by Crippen LogP contribution is 2.27. The van der Waals surface area contributed by atoms with Gasteiger partial charge in [0, 0.05) is 42.1 Å². The third-order valence-electron chi connectivity index (χ3n) is 4.63. The molecule has 0 aliphatic carbocycles. The van der Waals surface area contributed by atoms with Crippen molar-refractivity contribution in [1.29, 1.82) is 0 Å². The number of rotatable bonds is 4. The molecule has 0 unspecified atom stereocenters. The molecule has 0 atom stereocenters. The number of benzene rings is 2. The number of nitro groups is 1. The first-order valence-corrected chi connectivity index (χ1v) is 8.36. The molecule has 5 heteroatoms. The fourth-order valence-electron chi connectivity index (χ4n) is 3.29. The summed E-state index contributed by atoms with van der Waals surface area (Å²) in [5, 5.41) is 14.5.